The minimum absolute atomic E-state index is 0. The predicted octanol–water partition coefficient (Wildman–Crippen LogP) is 2.29. The molecule has 3 N–H and O–H groups in total. The van der Waals surface area contributed by atoms with Crippen LogP contribution in [0.25, 0.3) is 0 Å². The van der Waals surface area contributed by atoms with Crippen LogP contribution < -0.4 is 11.1 Å². The third kappa shape index (κ3) is 5.91. The summed E-state index contributed by atoms with van der Waals surface area (Å²) in [6, 6.07) is 3.32. The number of carbonyl (C=O) groups excluding carboxylic acids is 1. The third-order valence-corrected chi connectivity index (χ3v) is 4.65. The van der Waals surface area contributed by atoms with E-state index in [2.05, 4.69) is 36.0 Å². The van der Waals surface area contributed by atoms with Crippen molar-refractivity contribution in [3.05, 3.63) is 23.7 Å². The molecule has 0 bridgehead atoms. The molecule has 23 heavy (non-hydrogen) atoms. The van der Waals surface area contributed by atoms with Crippen molar-refractivity contribution >= 4 is 47.6 Å². The first-order valence-corrected chi connectivity index (χ1v) is 8.45. The zero-order valence-corrected chi connectivity index (χ0v) is 16.9. The summed E-state index contributed by atoms with van der Waals surface area (Å²) < 4.78 is 5.59. The molecule has 0 aromatic carbocycles. The molecule has 0 spiro atoms. The van der Waals surface area contributed by atoms with E-state index in [-0.39, 0.29) is 34.5 Å². The van der Waals surface area contributed by atoms with Crippen molar-refractivity contribution < 1.29 is 9.21 Å². The number of nitrogens with one attached hydrogen (secondary N) is 1. The molecular weight excluding hydrogens is 427 g/mol. The number of carbonyl (C=O) groups is 1. The van der Waals surface area contributed by atoms with Crippen molar-refractivity contribution in [2.45, 2.75) is 32.1 Å². The minimum Gasteiger partial charge on any atom is -0.454 e. The molecule has 0 aliphatic carbocycles. The first-order chi connectivity index (χ1) is 10.4. The van der Waals surface area contributed by atoms with Gasteiger partial charge in [0.2, 0.25) is 0 Å². The van der Waals surface area contributed by atoms with Gasteiger partial charge in [0.25, 0.3) is 5.91 Å². The number of hydrogen-bond donors (Lipinski definition) is 2. The van der Waals surface area contributed by atoms with Crippen molar-refractivity contribution in [1.82, 2.24) is 10.2 Å². The van der Waals surface area contributed by atoms with Gasteiger partial charge >= 0.3 is 0 Å². The van der Waals surface area contributed by atoms with Crippen molar-refractivity contribution in [3.63, 3.8) is 0 Å². The highest BCUT2D eigenvalue weighted by atomic mass is 127. The van der Waals surface area contributed by atoms with Crippen LogP contribution in [-0.4, -0.2) is 46.9 Å². The molecule has 0 atom stereocenters. The summed E-state index contributed by atoms with van der Waals surface area (Å²) in [5.41, 5.74) is 5.19. The Bertz CT molecular complexity index is 559. The summed E-state index contributed by atoms with van der Waals surface area (Å²) >= 11 is 1.99. The van der Waals surface area contributed by atoms with Gasteiger partial charge in [-0.1, -0.05) is 0 Å². The second-order valence-corrected chi connectivity index (χ2v) is 7.63. The van der Waals surface area contributed by atoms with E-state index >= 15 is 0 Å². The smallest absolute Gasteiger partial charge is 0.284 e. The van der Waals surface area contributed by atoms with E-state index in [9.17, 15) is 4.79 Å². The second kappa shape index (κ2) is 8.81. The molecule has 1 aliphatic heterocycles. The summed E-state index contributed by atoms with van der Waals surface area (Å²) in [7, 11) is 0. The zero-order chi connectivity index (χ0) is 16.2. The van der Waals surface area contributed by atoms with Crippen molar-refractivity contribution in [2.75, 3.05) is 25.4 Å². The standard InChI is InChI=1S/C15H24N4O2S.HI/c1-4-17-14(19-7-8-22-15(2,3)10-19)18-9-11-5-6-12(21-11)13(16)20;/h5-6H,4,7-10H2,1-3H3,(H2,16,20)(H,17,18);1H. The summed E-state index contributed by atoms with van der Waals surface area (Å²) in [6.07, 6.45) is 0. The predicted molar refractivity (Wildman–Crippen MR) is 106 cm³/mol. The first kappa shape index (κ1) is 20.1. The molecule has 1 fully saturated rings. The largest absolute Gasteiger partial charge is 0.454 e. The average Bonchev–Trinajstić information content (AvgIpc) is 2.91. The molecule has 8 heteroatoms. The molecule has 0 radical (unpaired) electrons. The molecular formula is C15H25IN4O2S. The van der Waals surface area contributed by atoms with Gasteiger partial charge in [-0.15, -0.1) is 24.0 Å². The van der Waals surface area contributed by atoms with E-state index in [0.717, 1.165) is 31.3 Å². The number of rotatable bonds is 4. The number of guanidine groups is 1. The lowest BCUT2D eigenvalue weighted by Crippen LogP contribution is -2.50. The molecule has 1 amide bonds. The lowest BCUT2D eigenvalue weighted by atomic mass is 10.2. The monoisotopic (exact) mass is 452 g/mol. The minimum atomic E-state index is -0.558. The number of primary amides is 1. The topological polar surface area (TPSA) is 83.9 Å². The molecule has 1 aromatic heterocycles. The van der Waals surface area contributed by atoms with Crippen LogP contribution in [0.15, 0.2) is 21.5 Å². The Kier molecular flexibility index (Phi) is 7.72. The Morgan fingerprint density at radius 2 is 2.26 bits per heavy atom. The zero-order valence-electron chi connectivity index (χ0n) is 13.8. The number of halogens is 1. The maximum Gasteiger partial charge on any atom is 0.284 e. The summed E-state index contributed by atoms with van der Waals surface area (Å²) in [5.74, 6) is 2.22. The van der Waals surface area contributed by atoms with Gasteiger partial charge in [-0.2, -0.15) is 11.8 Å². The molecule has 2 rings (SSSR count). The van der Waals surface area contributed by atoms with Gasteiger partial charge in [0.15, 0.2) is 11.7 Å². The Morgan fingerprint density at radius 1 is 1.52 bits per heavy atom. The van der Waals surface area contributed by atoms with Crippen molar-refractivity contribution in [2.24, 2.45) is 10.7 Å². The third-order valence-electron chi connectivity index (χ3n) is 3.35. The van der Waals surface area contributed by atoms with Crippen LogP contribution in [-0.2, 0) is 6.54 Å². The van der Waals surface area contributed by atoms with E-state index < -0.39 is 5.91 Å². The Labute approximate surface area is 158 Å². The van der Waals surface area contributed by atoms with E-state index in [1.807, 2.05) is 11.8 Å². The summed E-state index contributed by atoms with van der Waals surface area (Å²) in [5, 5.41) is 3.32. The number of nitrogens with two attached hydrogens (primary N) is 1. The van der Waals surface area contributed by atoms with E-state index in [1.165, 1.54) is 0 Å². The Balaban J connectivity index is 0.00000264. The fourth-order valence-electron chi connectivity index (χ4n) is 2.37. The fraction of sp³-hybridized carbons (Fsp3) is 0.600. The van der Waals surface area contributed by atoms with Gasteiger partial charge in [0, 0.05) is 30.1 Å². The quantitative estimate of drug-likeness (QED) is 0.416. The normalized spacial score (nSPS) is 17.5. The molecule has 1 aromatic rings. The van der Waals surface area contributed by atoms with Gasteiger partial charge in [0.1, 0.15) is 12.3 Å². The van der Waals surface area contributed by atoms with Crippen LogP contribution in [0.5, 0.6) is 0 Å². The van der Waals surface area contributed by atoms with E-state index in [4.69, 9.17) is 10.2 Å². The number of hydrogen-bond acceptors (Lipinski definition) is 4. The number of thioether (sulfide) groups is 1. The Morgan fingerprint density at radius 3 is 2.83 bits per heavy atom. The molecule has 1 saturated heterocycles. The van der Waals surface area contributed by atoms with Gasteiger partial charge in [-0.25, -0.2) is 4.99 Å². The van der Waals surface area contributed by atoms with Crippen LogP contribution in [0.2, 0.25) is 0 Å². The molecule has 1 aliphatic rings. The van der Waals surface area contributed by atoms with Crippen LogP contribution in [0.4, 0.5) is 0 Å². The molecule has 6 nitrogen and oxygen atoms in total. The van der Waals surface area contributed by atoms with Crippen LogP contribution in [0.1, 0.15) is 37.1 Å². The first-order valence-electron chi connectivity index (χ1n) is 7.47. The van der Waals surface area contributed by atoms with Crippen LogP contribution in [0.3, 0.4) is 0 Å². The van der Waals surface area contributed by atoms with Gasteiger partial charge in [-0.05, 0) is 32.9 Å². The fourth-order valence-corrected chi connectivity index (χ4v) is 3.48. The average molecular weight is 452 g/mol. The molecule has 0 unspecified atom stereocenters. The number of nitrogens with zero attached hydrogens (tertiary/aromatic N) is 2. The van der Waals surface area contributed by atoms with Crippen LogP contribution >= 0.6 is 35.7 Å². The highest BCUT2D eigenvalue weighted by Gasteiger charge is 2.28. The summed E-state index contributed by atoms with van der Waals surface area (Å²) in [4.78, 5) is 17.9. The highest BCUT2D eigenvalue weighted by Crippen LogP contribution is 2.29. The maximum atomic E-state index is 11.0. The second-order valence-electron chi connectivity index (χ2n) is 5.83. The van der Waals surface area contributed by atoms with E-state index in [0.29, 0.717) is 12.3 Å². The van der Waals surface area contributed by atoms with Gasteiger partial charge in [0.05, 0.1) is 0 Å². The lowest BCUT2D eigenvalue weighted by molar-refractivity contribution is 0.0972. The van der Waals surface area contributed by atoms with Crippen LogP contribution in [0, 0.1) is 0 Å². The SMILES string of the molecule is CCNC(=NCc1ccc(C(N)=O)o1)N1CCSC(C)(C)C1.I. The molecule has 130 valence electrons. The molecule has 2 heterocycles. The maximum absolute atomic E-state index is 11.0. The lowest BCUT2D eigenvalue weighted by Gasteiger charge is -2.39. The number of aliphatic imine (C=N–C) groups is 1. The van der Waals surface area contributed by atoms with Gasteiger partial charge < -0.3 is 20.4 Å². The molecule has 0 saturated carbocycles. The Hall–Kier alpha value is -0.900. The number of amides is 1. The van der Waals surface area contributed by atoms with Crippen molar-refractivity contribution in [1.29, 1.82) is 0 Å². The summed E-state index contributed by atoms with van der Waals surface area (Å²) in [6.45, 7) is 9.68. The number of furan rings is 1. The van der Waals surface area contributed by atoms with E-state index in [1.54, 1.807) is 12.1 Å². The van der Waals surface area contributed by atoms with Gasteiger partial charge in [-0.3, -0.25) is 4.79 Å². The highest BCUT2D eigenvalue weighted by molar-refractivity contribution is 14.0. The van der Waals surface area contributed by atoms with Crippen molar-refractivity contribution in [3.8, 4) is 0 Å².